The fourth-order valence-electron chi connectivity index (χ4n) is 1.59. The van der Waals surface area contributed by atoms with Crippen LogP contribution in [0.2, 0.25) is 0 Å². The lowest BCUT2D eigenvalue weighted by Gasteiger charge is -2.23. The normalized spacial score (nSPS) is 13.1. The van der Waals surface area contributed by atoms with Crippen molar-refractivity contribution in [3.8, 4) is 0 Å². The third-order valence-corrected chi connectivity index (χ3v) is 3.11. The predicted octanol–water partition coefficient (Wildman–Crippen LogP) is 2.81. The monoisotopic (exact) mass is 206 g/mol. The van der Waals surface area contributed by atoms with Gasteiger partial charge in [0.2, 0.25) is 0 Å². The van der Waals surface area contributed by atoms with Gasteiger partial charge in [0.25, 0.3) is 0 Å². The highest BCUT2D eigenvalue weighted by atomic mass is 15.1. The Kier molecular flexibility index (Phi) is 4.15. The number of aryl methyl sites for hydroxylation is 1. The Labute approximate surface area is 93.1 Å². The van der Waals surface area contributed by atoms with Crippen LogP contribution in [0.25, 0.3) is 0 Å². The summed E-state index contributed by atoms with van der Waals surface area (Å²) in [5.41, 5.74) is 9.18. The molecule has 0 radical (unpaired) electrons. The number of nitrogens with zero attached hydrogens (tertiary/aromatic N) is 1. The summed E-state index contributed by atoms with van der Waals surface area (Å²) >= 11 is 0. The Balaban J connectivity index is 2.68. The SMILES string of the molecule is CCC(C)N(C)Cc1ccc(N)c(C)c1. The minimum absolute atomic E-state index is 0.628. The first-order valence-electron chi connectivity index (χ1n) is 5.59. The molecule has 0 amide bonds. The van der Waals surface area contributed by atoms with Gasteiger partial charge in [-0.15, -0.1) is 0 Å². The van der Waals surface area contributed by atoms with Crippen LogP contribution in [0.15, 0.2) is 18.2 Å². The van der Waals surface area contributed by atoms with Gasteiger partial charge in [0.1, 0.15) is 0 Å². The molecule has 1 atom stereocenters. The zero-order valence-corrected chi connectivity index (χ0v) is 10.2. The smallest absolute Gasteiger partial charge is 0.0343 e. The lowest BCUT2D eigenvalue weighted by Crippen LogP contribution is -2.27. The molecule has 1 rings (SSSR count). The average Bonchev–Trinajstić information content (AvgIpc) is 2.22. The van der Waals surface area contributed by atoms with Gasteiger partial charge in [-0.1, -0.05) is 19.1 Å². The third-order valence-electron chi connectivity index (χ3n) is 3.11. The molecule has 15 heavy (non-hydrogen) atoms. The molecule has 0 spiro atoms. The van der Waals surface area contributed by atoms with Crippen molar-refractivity contribution >= 4 is 5.69 Å². The van der Waals surface area contributed by atoms with Gasteiger partial charge < -0.3 is 5.73 Å². The molecule has 0 aliphatic heterocycles. The average molecular weight is 206 g/mol. The number of nitrogens with two attached hydrogens (primary N) is 1. The molecule has 0 fully saturated rings. The van der Waals surface area contributed by atoms with Gasteiger partial charge in [-0.3, -0.25) is 4.90 Å². The van der Waals surface area contributed by atoms with E-state index in [0.29, 0.717) is 6.04 Å². The molecule has 1 aromatic rings. The van der Waals surface area contributed by atoms with Crippen LogP contribution in [0.1, 0.15) is 31.4 Å². The van der Waals surface area contributed by atoms with E-state index in [-0.39, 0.29) is 0 Å². The number of hydrogen-bond donors (Lipinski definition) is 1. The second kappa shape index (κ2) is 5.17. The van der Waals surface area contributed by atoms with Crippen molar-refractivity contribution in [2.24, 2.45) is 0 Å². The minimum atomic E-state index is 0.628. The molecule has 84 valence electrons. The standard InChI is InChI=1S/C13H22N2/c1-5-11(3)15(4)9-12-6-7-13(14)10(2)8-12/h6-8,11H,5,9,14H2,1-4H3. The Morgan fingerprint density at radius 1 is 1.40 bits per heavy atom. The predicted molar refractivity (Wildman–Crippen MR) is 66.8 cm³/mol. The van der Waals surface area contributed by atoms with Crippen molar-refractivity contribution in [1.82, 2.24) is 4.90 Å². The maximum Gasteiger partial charge on any atom is 0.0343 e. The summed E-state index contributed by atoms with van der Waals surface area (Å²) in [4.78, 5) is 2.37. The van der Waals surface area contributed by atoms with Gasteiger partial charge in [-0.25, -0.2) is 0 Å². The summed E-state index contributed by atoms with van der Waals surface area (Å²) in [6, 6.07) is 6.91. The zero-order chi connectivity index (χ0) is 11.4. The van der Waals surface area contributed by atoms with Crippen LogP contribution in [-0.2, 0) is 6.54 Å². The molecule has 1 unspecified atom stereocenters. The highest BCUT2D eigenvalue weighted by Gasteiger charge is 2.07. The summed E-state index contributed by atoms with van der Waals surface area (Å²) in [5.74, 6) is 0. The molecular weight excluding hydrogens is 184 g/mol. The number of anilines is 1. The van der Waals surface area contributed by atoms with E-state index >= 15 is 0 Å². The Morgan fingerprint density at radius 3 is 2.60 bits per heavy atom. The molecule has 0 saturated carbocycles. The summed E-state index contributed by atoms with van der Waals surface area (Å²) in [6.07, 6.45) is 1.18. The molecule has 0 aliphatic carbocycles. The number of nitrogen functional groups attached to an aromatic ring is 1. The molecule has 0 aromatic heterocycles. The first-order valence-corrected chi connectivity index (χ1v) is 5.59. The van der Waals surface area contributed by atoms with Crippen molar-refractivity contribution in [3.05, 3.63) is 29.3 Å². The molecule has 0 bridgehead atoms. The van der Waals surface area contributed by atoms with Crippen molar-refractivity contribution in [1.29, 1.82) is 0 Å². The largest absolute Gasteiger partial charge is 0.399 e. The second-order valence-corrected chi connectivity index (χ2v) is 4.36. The highest BCUT2D eigenvalue weighted by Crippen LogP contribution is 2.15. The third kappa shape index (κ3) is 3.24. The van der Waals surface area contributed by atoms with Crippen molar-refractivity contribution in [3.63, 3.8) is 0 Å². The number of hydrogen-bond acceptors (Lipinski definition) is 2. The molecule has 2 nitrogen and oxygen atoms in total. The van der Waals surface area contributed by atoms with Crippen LogP contribution in [0, 0.1) is 6.92 Å². The zero-order valence-electron chi connectivity index (χ0n) is 10.2. The van der Waals surface area contributed by atoms with Crippen LogP contribution in [0.3, 0.4) is 0 Å². The quantitative estimate of drug-likeness (QED) is 0.768. The molecule has 0 saturated heterocycles. The topological polar surface area (TPSA) is 29.3 Å². The summed E-state index contributed by atoms with van der Waals surface area (Å²) in [7, 11) is 2.17. The van der Waals surface area contributed by atoms with Crippen LogP contribution in [-0.4, -0.2) is 18.0 Å². The Morgan fingerprint density at radius 2 is 2.07 bits per heavy atom. The van der Waals surface area contributed by atoms with Crippen LogP contribution in [0.4, 0.5) is 5.69 Å². The Hall–Kier alpha value is -1.02. The van der Waals surface area contributed by atoms with Gasteiger partial charge in [0, 0.05) is 18.3 Å². The van der Waals surface area contributed by atoms with Crippen molar-refractivity contribution in [2.45, 2.75) is 39.8 Å². The van der Waals surface area contributed by atoms with Crippen LogP contribution in [0.5, 0.6) is 0 Å². The fraction of sp³-hybridized carbons (Fsp3) is 0.538. The van der Waals surface area contributed by atoms with E-state index in [1.807, 2.05) is 6.07 Å². The van der Waals surface area contributed by atoms with Crippen molar-refractivity contribution in [2.75, 3.05) is 12.8 Å². The maximum absolute atomic E-state index is 5.79. The summed E-state index contributed by atoms with van der Waals surface area (Å²) < 4.78 is 0. The molecule has 2 heteroatoms. The van der Waals surface area contributed by atoms with Gasteiger partial charge in [0.15, 0.2) is 0 Å². The maximum atomic E-state index is 5.79. The lowest BCUT2D eigenvalue weighted by atomic mass is 10.1. The van der Waals surface area contributed by atoms with Gasteiger partial charge in [0.05, 0.1) is 0 Å². The van der Waals surface area contributed by atoms with E-state index < -0.39 is 0 Å². The van der Waals surface area contributed by atoms with Crippen molar-refractivity contribution < 1.29 is 0 Å². The van der Waals surface area contributed by atoms with Gasteiger partial charge in [-0.05, 0) is 44.5 Å². The minimum Gasteiger partial charge on any atom is -0.399 e. The van der Waals surface area contributed by atoms with Crippen LogP contribution < -0.4 is 5.73 Å². The summed E-state index contributed by atoms with van der Waals surface area (Å²) in [5, 5.41) is 0. The first kappa shape index (κ1) is 12.1. The lowest BCUT2D eigenvalue weighted by molar-refractivity contribution is 0.244. The molecule has 2 N–H and O–H groups in total. The number of rotatable bonds is 4. The van der Waals surface area contributed by atoms with Crippen LogP contribution >= 0.6 is 0 Å². The molecule has 1 aromatic carbocycles. The summed E-state index contributed by atoms with van der Waals surface area (Å²) in [6.45, 7) is 7.53. The van der Waals surface area contributed by atoms with E-state index in [2.05, 4.69) is 44.9 Å². The van der Waals surface area contributed by atoms with Gasteiger partial charge >= 0.3 is 0 Å². The van der Waals surface area contributed by atoms with Gasteiger partial charge in [-0.2, -0.15) is 0 Å². The van der Waals surface area contributed by atoms with E-state index in [0.717, 1.165) is 12.2 Å². The molecule has 0 heterocycles. The van der Waals surface area contributed by atoms with E-state index in [1.165, 1.54) is 17.5 Å². The number of benzene rings is 1. The molecule has 0 aliphatic rings. The molecular formula is C13H22N2. The van der Waals surface area contributed by atoms with E-state index in [9.17, 15) is 0 Å². The Bertz CT molecular complexity index is 320. The fourth-order valence-corrected chi connectivity index (χ4v) is 1.59. The highest BCUT2D eigenvalue weighted by molar-refractivity contribution is 5.47. The van der Waals surface area contributed by atoms with E-state index in [4.69, 9.17) is 5.73 Å². The first-order chi connectivity index (χ1) is 7.04. The second-order valence-electron chi connectivity index (χ2n) is 4.36. The van der Waals surface area contributed by atoms with E-state index in [1.54, 1.807) is 0 Å².